The van der Waals surface area contributed by atoms with Gasteiger partial charge in [0.2, 0.25) is 5.28 Å². The Morgan fingerprint density at radius 3 is 2.33 bits per heavy atom. The predicted molar refractivity (Wildman–Crippen MR) is 115 cm³/mol. The van der Waals surface area contributed by atoms with Gasteiger partial charge in [0.15, 0.2) is 23.1 Å². The van der Waals surface area contributed by atoms with Gasteiger partial charge in [-0.3, -0.25) is 24.0 Å². The van der Waals surface area contributed by atoms with E-state index < -0.39 is 58.5 Å². The molecule has 3 unspecified atom stereocenters. The van der Waals surface area contributed by atoms with E-state index in [0.29, 0.717) is 29.5 Å². The first kappa shape index (κ1) is 21.6. The summed E-state index contributed by atoms with van der Waals surface area (Å²) in [6.45, 7) is 1.17. The normalized spacial score (nSPS) is 28.7. The van der Waals surface area contributed by atoms with Crippen LogP contribution in [0.2, 0.25) is 5.28 Å². The smallest absolute Gasteiger partial charge is 0.222 e. The Morgan fingerprint density at radius 1 is 1.00 bits per heavy atom. The van der Waals surface area contributed by atoms with Crippen molar-refractivity contribution in [1.82, 2.24) is 9.97 Å². The van der Waals surface area contributed by atoms with Crippen LogP contribution in [0.15, 0.2) is 24.5 Å². The molecule has 0 spiro atoms. The molecule has 33 heavy (non-hydrogen) atoms. The number of hydrogen-bond donors (Lipinski definition) is 1. The average Bonchev–Trinajstić information content (AvgIpc) is 2.74. The number of nitrogens with zero attached hydrogens (tertiary/aromatic N) is 2. The van der Waals surface area contributed by atoms with E-state index in [4.69, 9.17) is 11.6 Å². The van der Waals surface area contributed by atoms with Crippen LogP contribution in [-0.4, -0.2) is 44.0 Å². The minimum atomic E-state index is -1.43. The third kappa shape index (κ3) is 3.23. The lowest BCUT2D eigenvalue weighted by atomic mass is 9.55. The van der Waals surface area contributed by atoms with Crippen LogP contribution in [0.3, 0.4) is 0 Å². The van der Waals surface area contributed by atoms with Gasteiger partial charge < -0.3 is 5.11 Å². The van der Waals surface area contributed by atoms with Crippen LogP contribution in [-0.2, 0) is 25.6 Å². The fraction of sp³-hybridized carbons (Fsp3) is 0.375. The molecule has 0 bridgehead atoms. The van der Waals surface area contributed by atoms with Crippen LogP contribution in [0.1, 0.15) is 35.7 Å². The van der Waals surface area contributed by atoms with E-state index in [9.17, 15) is 29.1 Å². The predicted octanol–water partition coefficient (Wildman–Crippen LogP) is 2.43. The number of fused-ring (bicyclic) bond motifs is 3. The van der Waals surface area contributed by atoms with Crippen LogP contribution < -0.4 is 0 Å². The lowest BCUT2D eigenvalue weighted by Crippen LogP contribution is -2.55. The van der Waals surface area contributed by atoms with Gasteiger partial charge in [-0.2, -0.15) is 0 Å². The summed E-state index contributed by atoms with van der Waals surface area (Å²) in [5.41, 5.74) is 1.88. The molecule has 1 heterocycles. The summed E-state index contributed by atoms with van der Waals surface area (Å²) in [4.78, 5) is 72.2. The van der Waals surface area contributed by atoms with Crippen LogP contribution in [0, 0.1) is 29.6 Å². The molecule has 0 amide bonds. The van der Waals surface area contributed by atoms with Crippen molar-refractivity contribution < 1.29 is 29.1 Å². The standard InChI is InChI=1S/C24H19ClN2O6/c1-9(28)17-16(30)6-11-4-10-5-14-13(12-7-26-24(25)27-8-12)2-3-15(29)20(14)23(33)18(10)22(32)19(11)21(17)31/h2-3,7-8,10-11,17-19,29H,4-6H2,1H3/t10-,11+,17?,18?,19?/m1/s1. The molecule has 2 fully saturated rings. The van der Waals surface area contributed by atoms with Crippen LogP contribution in [0.25, 0.3) is 11.1 Å². The molecule has 1 aromatic heterocycles. The summed E-state index contributed by atoms with van der Waals surface area (Å²) in [5, 5.41) is 10.6. The minimum absolute atomic E-state index is 0.0332. The zero-order valence-electron chi connectivity index (χ0n) is 17.6. The van der Waals surface area contributed by atoms with Gasteiger partial charge in [-0.25, -0.2) is 9.97 Å². The van der Waals surface area contributed by atoms with E-state index >= 15 is 0 Å². The fourth-order valence-corrected chi connectivity index (χ4v) is 5.94. The number of benzene rings is 1. The molecule has 168 valence electrons. The Hall–Kier alpha value is -3.26. The Balaban J connectivity index is 1.58. The number of halogens is 1. The number of hydrogen-bond acceptors (Lipinski definition) is 8. The number of carbonyl (C=O) groups excluding carboxylic acids is 5. The lowest BCUT2D eigenvalue weighted by molar-refractivity contribution is -0.152. The molecule has 5 rings (SSSR count). The lowest BCUT2D eigenvalue weighted by Gasteiger charge is -2.44. The van der Waals surface area contributed by atoms with Gasteiger partial charge in [0.05, 0.1) is 17.4 Å². The Morgan fingerprint density at radius 2 is 1.67 bits per heavy atom. The SMILES string of the molecule is CC(=O)C1C(=O)C[C@@H]2C[C@@H]3Cc4c(-c5cnc(Cl)nc5)ccc(O)c4C(=O)C3C(=O)C2C1=O. The molecule has 8 nitrogen and oxygen atoms in total. The summed E-state index contributed by atoms with van der Waals surface area (Å²) in [6, 6.07) is 3.04. The number of Topliss-reactive ketones (excluding diaryl/α,β-unsaturated/α-hetero) is 5. The maximum Gasteiger partial charge on any atom is 0.222 e. The summed E-state index contributed by atoms with van der Waals surface area (Å²) in [5.74, 6) is -7.66. The minimum Gasteiger partial charge on any atom is -0.507 e. The highest BCUT2D eigenvalue weighted by atomic mass is 35.5. The second-order valence-corrected chi connectivity index (χ2v) is 9.36. The zero-order valence-corrected chi connectivity index (χ0v) is 18.3. The molecule has 0 radical (unpaired) electrons. The number of rotatable bonds is 2. The van der Waals surface area contributed by atoms with Crippen molar-refractivity contribution in [1.29, 1.82) is 0 Å². The van der Waals surface area contributed by atoms with E-state index in [1.807, 2.05) is 0 Å². The third-order valence-corrected chi connectivity index (χ3v) is 7.36. The first-order valence-corrected chi connectivity index (χ1v) is 11.0. The van der Waals surface area contributed by atoms with Gasteiger partial charge in [0.25, 0.3) is 0 Å². The summed E-state index contributed by atoms with van der Waals surface area (Å²) < 4.78 is 0. The number of phenolic OH excluding ortho intramolecular Hbond substituents is 1. The number of aromatic nitrogens is 2. The highest BCUT2D eigenvalue weighted by Gasteiger charge is 2.57. The van der Waals surface area contributed by atoms with E-state index in [0.717, 1.165) is 0 Å². The average molecular weight is 467 g/mol. The summed E-state index contributed by atoms with van der Waals surface area (Å²) >= 11 is 5.79. The number of aromatic hydroxyl groups is 1. The molecule has 0 saturated heterocycles. The Bertz CT molecular complexity index is 1250. The molecule has 5 atom stereocenters. The van der Waals surface area contributed by atoms with E-state index in [1.54, 1.807) is 6.07 Å². The maximum absolute atomic E-state index is 13.5. The molecule has 2 saturated carbocycles. The van der Waals surface area contributed by atoms with Crippen molar-refractivity contribution in [2.45, 2.75) is 26.2 Å². The van der Waals surface area contributed by atoms with Crippen molar-refractivity contribution in [3.63, 3.8) is 0 Å². The van der Waals surface area contributed by atoms with Gasteiger partial charge in [-0.05, 0) is 60.4 Å². The van der Waals surface area contributed by atoms with Crippen LogP contribution >= 0.6 is 11.6 Å². The maximum atomic E-state index is 13.5. The highest BCUT2D eigenvalue weighted by Crippen LogP contribution is 2.49. The Labute approximate surface area is 193 Å². The second-order valence-electron chi connectivity index (χ2n) is 9.02. The van der Waals surface area contributed by atoms with Crippen LogP contribution in [0.4, 0.5) is 0 Å². The van der Waals surface area contributed by atoms with Gasteiger partial charge in [0.1, 0.15) is 17.5 Å². The molecule has 1 N–H and O–H groups in total. The molecule has 3 aliphatic rings. The van der Waals surface area contributed by atoms with E-state index in [2.05, 4.69) is 9.97 Å². The molecule has 1 aromatic carbocycles. The molecule has 9 heteroatoms. The first-order chi connectivity index (χ1) is 15.7. The Kier molecular flexibility index (Phi) is 5.01. The fourth-order valence-electron chi connectivity index (χ4n) is 5.84. The quantitative estimate of drug-likeness (QED) is 0.527. The van der Waals surface area contributed by atoms with Gasteiger partial charge in [-0.15, -0.1) is 0 Å². The van der Waals surface area contributed by atoms with Crippen molar-refractivity contribution in [2.24, 2.45) is 29.6 Å². The zero-order chi connectivity index (χ0) is 23.6. The topological polar surface area (TPSA) is 131 Å². The van der Waals surface area contributed by atoms with Gasteiger partial charge >= 0.3 is 0 Å². The van der Waals surface area contributed by atoms with Crippen molar-refractivity contribution >= 4 is 40.5 Å². The van der Waals surface area contributed by atoms with E-state index in [-0.39, 0.29) is 23.0 Å². The molecule has 2 aromatic rings. The third-order valence-electron chi connectivity index (χ3n) is 7.16. The molecule has 3 aliphatic carbocycles. The molecule has 0 aliphatic heterocycles. The first-order valence-electron chi connectivity index (χ1n) is 10.7. The van der Waals surface area contributed by atoms with Crippen molar-refractivity contribution in [3.8, 4) is 16.9 Å². The highest BCUT2D eigenvalue weighted by molar-refractivity contribution is 6.28. The number of ketones is 5. The summed E-state index contributed by atoms with van der Waals surface area (Å²) in [7, 11) is 0. The van der Waals surface area contributed by atoms with Crippen molar-refractivity contribution in [3.05, 3.63) is 40.9 Å². The number of phenols is 1. The van der Waals surface area contributed by atoms with Gasteiger partial charge in [-0.1, -0.05) is 6.07 Å². The molecular weight excluding hydrogens is 448 g/mol. The van der Waals surface area contributed by atoms with Crippen molar-refractivity contribution in [2.75, 3.05) is 0 Å². The monoisotopic (exact) mass is 466 g/mol. The second kappa shape index (κ2) is 7.66. The van der Waals surface area contributed by atoms with E-state index in [1.165, 1.54) is 25.4 Å². The van der Waals surface area contributed by atoms with Crippen LogP contribution in [0.5, 0.6) is 5.75 Å². The summed E-state index contributed by atoms with van der Waals surface area (Å²) in [6.07, 6.45) is 3.64. The largest absolute Gasteiger partial charge is 0.507 e. The number of carbonyl (C=O) groups is 5. The molecular formula is C24H19ClN2O6. The van der Waals surface area contributed by atoms with Gasteiger partial charge in [0, 0.05) is 24.4 Å².